The summed E-state index contributed by atoms with van der Waals surface area (Å²) in [5.41, 5.74) is 0.994. The van der Waals surface area contributed by atoms with E-state index in [2.05, 4.69) is 5.32 Å². The van der Waals surface area contributed by atoms with Crippen molar-refractivity contribution in [3.8, 4) is 5.75 Å². The second-order valence-electron chi connectivity index (χ2n) is 5.27. The zero-order chi connectivity index (χ0) is 17.3. The van der Waals surface area contributed by atoms with Crippen LogP contribution in [0.5, 0.6) is 5.75 Å². The minimum Gasteiger partial charge on any atom is -0.497 e. The number of ether oxygens (including phenoxy) is 1. The first-order valence-corrected chi connectivity index (χ1v) is 7.98. The van der Waals surface area contributed by atoms with Gasteiger partial charge in [0.05, 0.1) is 29.3 Å². The van der Waals surface area contributed by atoms with Crippen LogP contribution in [0.15, 0.2) is 42.5 Å². The summed E-state index contributed by atoms with van der Waals surface area (Å²) in [6.45, 7) is 0. The minimum absolute atomic E-state index is 0.0406. The van der Waals surface area contributed by atoms with Crippen molar-refractivity contribution in [3.63, 3.8) is 0 Å². The molecule has 0 spiro atoms. The zero-order valence-electron chi connectivity index (χ0n) is 12.8. The molecule has 124 valence electrons. The van der Waals surface area contributed by atoms with Gasteiger partial charge in [-0.2, -0.15) is 0 Å². The fourth-order valence-electron chi connectivity index (χ4n) is 2.58. The first-order valence-electron chi connectivity index (χ1n) is 7.22. The number of rotatable bonds is 4. The highest BCUT2D eigenvalue weighted by Crippen LogP contribution is 2.35. The first-order chi connectivity index (χ1) is 11.5. The molecule has 0 aliphatic carbocycles. The number of carbonyl (C=O) groups is 2. The van der Waals surface area contributed by atoms with Crippen molar-refractivity contribution in [1.82, 2.24) is 0 Å². The van der Waals surface area contributed by atoms with Crippen LogP contribution in [0.2, 0.25) is 10.0 Å². The zero-order valence-corrected chi connectivity index (χ0v) is 14.3. The summed E-state index contributed by atoms with van der Waals surface area (Å²) < 4.78 is 5.15. The molecule has 3 rings (SSSR count). The Morgan fingerprint density at radius 1 is 1.17 bits per heavy atom. The second-order valence-corrected chi connectivity index (χ2v) is 6.06. The first kappa shape index (κ1) is 16.6. The Hall–Kier alpha value is -2.24. The Labute approximate surface area is 149 Å². The van der Waals surface area contributed by atoms with Gasteiger partial charge in [-0.25, -0.2) is 4.90 Å². The molecule has 1 aliphatic heterocycles. The minimum atomic E-state index is -0.667. The van der Waals surface area contributed by atoms with Crippen LogP contribution in [0.1, 0.15) is 6.42 Å². The molecule has 5 nitrogen and oxygen atoms in total. The van der Waals surface area contributed by atoms with Crippen LogP contribution >= 0.6 is 23.2 Å². The quantitative estimate of drug-likeness (QED) is 0.839. The molecule has 2 aromatic rings. The van der Waals surface area contributed by atoms with E-state index in [0.717, 1.165) is 4.90 Å². The van der Waals surface area contributed by atoms with Gasteiger partial charge < -0.3 is 10.1 Å². The van der Waals surface area contributed by atoms with Crippen LogP contribution in [0.4, 0.5) is 11.4 Å². The lowest BCUT2D eigenvalue weighted by Gasteiger charge is -2.18. The molecule has 0 saturated carbocycles. The molecule has 1 saturated heterocycles. The van der Waals surface area contributed by atoms with Gasteiger partial charge in [-0.3, -0.25) is 9.59 Å². The summed E-state index contributed by atoms with van der Waals surface area (Å²) >= 11 is 12.1. The highest BCUT2D eigenvalue weighted by atomic mass is 35.5. The smallest absolute Gasteiger partial charge is 0.256 e. The number of carbonyl (C=O) groups excluding carboxylic acids is 2. The third kappa shape index (κ3) is 3.05. The van der Waals surface area contributed by atoms with Crippen LogP contribution in [0, 0.1) is 0 Å². The number of anilines is 2. The van der Waals surface area contributed by atoms with Crippen LogP contribution < -0.4 is 15.0 Å². The van der Waals surface area contributed by atoms with Crippen molar-refractivity contribution in [1.29, 1.82) is 0 Å². The van der Waals surface area contributed by atoms with Crippen molar-refractivity contribution in [2.45, 2.75) is 12.5 Å². The van der Waals surface area contributed by atoms with E-state index in [1.807, 2.05) is 0 Å². The number of halogens is 2. The van der Waals surface area contributed by atoms with E-state index in [0.29, 0.717) is 22.1 Å². The molecule has 0 unspecified atom stereocenters. The van der Waals surface area contributed by atoms with Gasteiger partial charge in [0.25, 0.3) is 5.91 Å². The summed E-state index contributed by atoms with van der Waals surface area (Å²) in [5, 5.41) is 3.54. The van der Waals surface area contributed by atoms with Crippen LogP contribution in [0.3, 0.4) is 0 Å². The lowest BCUT2D eigenvalue weighted by atomic mass is 10.2. The van der Waals surface area contributed by atoms with Gasteiger partial charge in [0.2, 0.25) is 5.91 Å². The molecule has 1 atom stereocenters. The molecule has 7 heteroatoms. The lowest BCUT2D eigenvalue weighted by Crippen LogP contribution is -2.35. The number of imide groups is 1. The van der Waals surface area contributed by atoms with Crippen LogP contribution in [0.25, 0.3) is 0 Å². The molecule has 1 N–H and O–H groups in total. The SMILES string of the molecule is COc1cccc(N[C@H]2CC(=O)N(c3cccc(Cl)c3Cl)C2=O)c1. The molecule has 0 radical (unpaired) electrons. The fourth-order valence-corrected chi connectivity index (χ4v) is 2.96. The lowest BCUT2D eigenvalue weighted by molar-refractivity contribution is -0.121. The average molecular weight is 365 g/mol. The maximum Gasteiger partial charge on any atom is 0.256 e. The topological polar surface area (TPSA) is 58.6 Å². The fraction of sp³-hybridized carbons (Fsp3) is 0.176. The molecular weight excluding hydrogens is 351 g/mol. The summed E-state index contributed by atoms with van der Waals surface area (Å²) in [4.78, 5) is 26.0. The molecule has 2 aromatic carbocycles. The van der Waals surface area contributed by atoms with E-state index in [-0.39, 0.29) is 23.3 Å². The molecule has 0 aromatic heterocycles. The largest absolute Gasteiger partial charge is 0.497 e. The number of amides is 2. The number of nitrogens with zero attached hydrogens (tertiary/aromatic N) is 1. The average Bonchev–Trinajstić information content (AvgIpc) is 2.84. The molecule has 0 bridgehead atoms. The van der Waals surface area contributed by atoms with Crippen molar-refractivity contribution in [2.24, 2.45) is 0 Å². The van der Waals surface area contributed by atoms with Gasteiger partial charge in [-0.1, -0.05) is 35.3 Å². The van der Waals surface area contributed by atoms with Crippen molar-refractivity contribution in [3.05, 3.63) is 52.5 Å². The normalized spacial score (nSPS) is 17.3. The summed E-state index contributed by atoms with van der Waals surface area (Å²) in [6.07, 6.45) is 0.0406. The van der Waals surface area contributed by atoms with E-state index < -0.39 is 6.04 Å². The van der Waals surface area contributed by atoms with E-state index in [4.69, 9.17) is 27.9 Å². The Morgan fingerprint density at radius 3 is 2.67 bits per heavy atom. The number of hydrogen-bond acceptors (Lipinski definition) is 4. The molecular formula is C17H14Cl2N2O3. The van der Waals surface area contributed by atoms with E-state index in [9.17, 15) is 9.59 Å². The summed E-state index contributed by atoms with van der Waals surface area (Å²) in [6, 6.07) is 11.3. The van der Waals surface area contributed by atoms with Gasteiger partial charge >= 0.3 is 0 Å². The second kappa shape index (κ2) is 6.71. The van der Waals surface area contributed by atoms with Gasteiger partial charge in [-0.15, -0.1) is 0 Å². The van der Waals surface area contributed by atoms with Gasteiger partial charge in [0.15, 0.2) is 0 Å². The predicted octanol–water partition coefficient (Wildman–Crippen LogP) is 3.75. The highest BCUT2D eigenvalue weighted by molar-refractivity contribution is 6.45. The molecule has 2 amide bonds. The third-order valence-electron chi connectivity index (χ3n) is 3.73. The predicted molar refractivity (Wildman–Crippen MR) is 94.0 cm³/mol. The number of benzene rings is 2. The molecule has 1 fully saturated rings. The number of nitrogens with one attached hydrogen (secondary N) is 1. The Kier molecular flexibility index (Phi) is 4.64. The monoisotopic (exact) mass is 364 g/mol. The van der Waals surface area contributed by atoms with Crippen molar-refractivity contribution < 1.29 is 14.3 Å². The number of methoxy groups -OCH3 is 1. The summed E-state index contributed by atoms with van der Waals surface area (Å²) in [7, 11) is 1.56. The van der Waals surface area contributed by atoms with E-state index in [1.54, 1.807) is 49.6 Å². The van der Waals surface area contributed by atoms with Crippen LogP contribution in [-0.4, -0.2) is 25.0 Å². The molecule has 1 aliphatic rings. The van der Waals surface area contributed by atoms with E-state index >= 15 is 0 Å². The highest BCUT2D eigenvalue weighted by Gasteiger charge is 2.40. The maximum atomic E-state index is 12.6. The summed E-state index contributed by atoms with van der Waals surface area (Å²) in [5.74, 6) is -0.0388. The molecule has 24 heavy (non-hydrogen) atoms. The van der Waals surface area contributed by atoms with Crippen molar-refractivity contribution in [2.75, 3.05) is 17.3 Å². The Balaban J connectivity index is 1.85. The van der Waals surface area contributed by atoms with E-state index in [1.165, 1.54) is 0 Å². The molecule has 1 heterocycles. The number of hydrogen-bond donors (Lipinski definition) is 1. The van der Waals surface area contributed by atoms with Crippen molar-refractivity contribution >= 4 is 46.4 Å². The Morgan fingerprint density at radius 2 is 1.92 bits per heavy atom. The van der Waals surface area contributed by atoms with Gasteiger partial charge in [-0.05, 0) is 24.3 Å². The standard InChI is InChI=1S/C17H14Cl2N2O3/c1-24-11-5-2-4-10(8-11)20-13-9-15(22)21(17(13)23)14-7-3-6-12(18)16(14)19/h2-8,13,20H,9H2,1H3/t13-/m0/s1. The van der Waals surface area contributed by atoms with Crippen LogP contribution in [-0.2, 0) is 9.59 Å². The maximum absolute atomic E-state index is 12.6. The third-order valence-corrected chi connectivity index (χ3v) is 4.54. The van der Waals surface area contributed by atoms with Gasteiger partial charge in [0, 0.05) is 11.8 Å². The van der Waals surface area contributed by atoms with Gasteiger partial charge in [0.1, 0.15) is 11.8 Å². The Bertz CT molecular complexity index is 810.